The van der Waals surface area contributed by atoms with E-state index in [4.69, 9.17) is 0 Å². The van der Waals surface area contributed by atoms with Crippen molar-refractivity contribution in [2.24, 2.45) is 0 Å². The first-order valence-electron chi connectivity index (χ1n) is 14.5. The number of amides is 1. The molecule has 224 valence electrons. The van der Waals surface area contributed by atoms with Crippen molar-refractivity contribution in [3.63, 3.8) is 0 Å². The van der Waals surface area contributed by atoms with E-state index in [-0.39, 0.29) is 30.4 Å². The maximum absolute atomic E-state index is 13.2. The molecular formula is C32H33F3N6O2. The number of hydrogen-bond acceptors (Lipinski definition) is 7. The number of carbonyl (C=O) groups excluding carboxylic acids is 1. The van der Waals surface area contributed by atoms with Crippen molar-refractivity contribution in [3.8, 4) is 11.1 Å². The highest BCUT2D eigenvalue weighted by Gasteiger charge is 2.38. The number of rotatable bonds is 6. The number of alkyl halides is 3. The zero-order valence-electron chi connectivity index (χ0n) is 23.5. The summed E-state index contributed by atoms with van der Waals surface area (Å²) in [6, 6.07) is 10.1. The average molecular weight is 591 g/mol. The topological polar surface area (TPSA) is 94.5 Å². The molecule has 0 unspecified atom stereocenters. The van der Waals surface area contributed by atoms with Gasteiger partial charge in [-0.25, -0.2) is 4.98 Å². The van der Waals surface area contributed by atoms with Crippen LogP contribution in [0.15, 0.2) is 85.1 Å². The van der Waals surface area contributed by atoms with Crippen LogP contribution in [0.25, 0.3) is 11.1 Å². The van der Waals surface area contributed by atoms with Crippen LogP contribution in [0.1, 0.15) is 43.4 Å². The van der Waals surface area contributed by atoms with Gasteiger partial charge in [-0.05, 0) is 74.1 Å². The molecule has 5 heterocycles. The summed E-state index contributed by atoms with van der Waals surface area (Å²) < 4.78 is 39.2. The van der Waals surface area contributed by atoms with Gasteiger partial charge in [0, 0.05) is 73.8 Å². The monoisotopic (exact) mass is 590 g/mol. The van der Waals surface area contributed by atoms with Gasteiger partial charge in [-0.3, -0.25) is 14.8 Å². The van der Waals surface area contributed by atoms with E-state index in [0.717, 1.165) is 48.7 Å². The molecule has 3 aromatic rings. The largest absolute Gasteiger partial charge is 0.416 e. The molecule has 2 aliphatic heterocycles. The zero-order chi connectivity index (χ0) is 30.0. The molecule has 1 saturated heterocycles. The third kappa shape index (κ3) is 6.47. The molecular weight excluding hydrogens is 557 g/mol. The fourth-order valence-electron chi connectivity index (χ4n) is 6.08. The number of likely N-dealkylation sites (tertiary alicyclic amines) is 1. The van der Waals surface area contributed by atoms with Gasteiger partial charge in [0.25, 0.3) is 5.91 Å². The highest BCUT2D eigenvalue weighted by Crippen LogP contribution is 2.37. The molecule has 1 aliphatic carbocycles. The van der Waals surface area contributed by atoms with Crippen molar-refractivity contribution >= 4 is 11.7 Å². The molecule has 3 aliphatic rings. The minimum Gasteiger partial charge on any atom is -0.384 e. The predicted molar refractivity (Wildman–Crippen MR) is 156 cm³/mol. The van der Waals surface area contributed by atoms with E-state index < -0.39 is 17.3 Å². The number of halogens is 3. The van der Waals surface area contributed by atoms with Crippen LogP contribution in [0, 0.1) is 0 Å². The Morgan fingerprint density at radius 2 is 1.77 bits per heavy atom. The zero-order valence-corrected chi connectivity index (χ0v) is 23.5. The molecule has 6 rings (SSSR count). The summed E-state index contributed by atoms with van der Waals surface area (Å²) in [5, 5.41) is 15.1. The summed E-state index contributed by atoms with van der Waals surface area (Å²) >= 11 is 0. The summed E-state index contributed by atoms with van der Waals surface area (Å²) in [5.74, 6) is 0.0906. The van der Waals surface area contributed by atoms with Crippen molar-refractivity contribution in [2.45, 2.75) is 56.0 Å². The van der Waals surface area contributed by atoms with Crippen molar-refractivity contribution < 1.29 is 23.1 Å². The molecule has 43 heavy (non-hydrogen) atoms. The summed E-state index contributed by atoms with van der Waals surface area (Å²) in [6.45, 7) is 1.47. The smallest absolute Gasteiger partial charge is 0.384 e. The molecule has 8 nitrogen and oxygen atoms in total. The van der Waals surface area contributed by atoms with E-state index in [9.17, 15) is 23.1 Å². The van der Waals surface area contributed by atoms with Crippen LogP contribution >= 0.6 is 0 Å². The van der Waals surface area contributed by atoms with Gasteiger partial charge in [0.1, 0.15) is 11.4 Å². The van der Waals surface area contributed by atoms with Crippen LogP contribution in [-0.2, 0) is 16.6 Å². The van der Waals surface area contributed by atoms with Gasteiger partial charge in [-0.1, -0.05) is 12.1 Å². The molecule has 0 spiro atoms. The first-order chi connectivity index (χ1) is 20.7. The molecule has 0 bridgehead atoms. The standard InChI is InChI=1S/C32H33F3N6O2/c33-32(34,35)25-7-15-37-29(19-25)40-16-8-23(9-17-40)30(42)41-18-10-27(21-41)39-26-3-11-31(43,12-4-26)28-2-1-24(20-38-28)22-5-13-36-14-6-22/h1-2,5-9,13-16,19-20,26-27,39,43H,3-4,10-12,17-18,21H2/t26?,27-,31?/m0/s1. The van der Waals surface area contributed by atoms with Gasteiger partial charge < -0.3 is 20.2 Å². The highest BCUT2D eigenvalue weighted by atomic mass is 19.4. The third-order valence-corrected chi connectivity index (χ3v) is 8.57. The molecule has 1 amide bonds. The quantitative estimate of drug-likeness (QED) is 0.425. The van der Waals surface area contributed by atoms with E-state index in [1.807, 2.05) is 29.2 Å². The van der Waals surface area contributed by atoms with Crippen LogP contribution < -0.4 is 10.2 Å². The Labute approximate surface area is 248 Å². The number of nitrogens with one attached hydrogen (secondary N) is 1. The van der Waals surface area contributed by atoms with E-state index in [2.05, 4.69) is 20.3 Å². The number of aromatic nitrogens is 3. The van der Waals surface area contributed by atoms with Crippen LogP contribution in [-0.4, -0.2) is 62.6 Å². The lowest BCUT2D eigenvalue weighted by molar-refractivity contribution is -0.137. The first kappa shape index (κ1) is 29.0. The van der Waals surface area contributed by atoms with Crippen molar-refractivity contribution in [1.29, 1.82) is 0 Å². The number of nitrogens with zero attached hydrogens (tertiary/aromatic N) is 5. The summed E-state index contributed by atoms with van der Waals surface area (Å²) in [4.78, 5) is 29.3. The molecule has 0 radical (unpaired) electrons. The Hall–Kier alpha value is -4.09. The van der Waals surface area contributed by atoms with Crippen molar-refractivity contribution in [1.82, 2.24) is 25.2 Å². The number of hydrogen-bond donors (Lipinski definition) is 2. The molecule has 3 aromatic heterocycles. The second-order valence-electron chi connectivity index (χ2n) is 11.4. The number of carbonyl (C=O) groups is 1. The van der Waals surface area contributed by atoms with E-state index >= 15 is 0 Å². The Balaban J connectivity index is 0.982. The molecule has 1 saturated carbocycles. The minimum atomic E-state index is -4.45. The lowest BCUT2D eigenvalue weighted by Crippen LogP contribution is -2.45. The van der Waals surface area contributed by atoms with Gasteiger partial charge in [0.15, 0.2) is 0 Å². The van der Waals surface area contributed by atoms with Gasteiger partial charge in [0.2, 0.25) is 0 Å². The Morgan fingerprint density at radius 3 is 2.44 bits per heavy atom. The van der Waals surface area contributed by atoms with Crippen LogP contribution in [0.3, 0.4) is 0 Å². The minimum absolute atomic E-state index is 0.0866. The first-order valence-corrected chi connectivity index (χ1v) is 14.5. The third-order valence-electron chi connectivity index (χ3n) is 8.57. The Morgan fingerprint density at radius 1 is 0.977 bits per heavy atom. The Kier molecular flexibility index (Phi) is 8.02. The summed E-state index contributed by atoms with van der Waals surface area (Å²) in [5.41, 5.74) is 1.51. The second-order valence-corrected chi connectivity index (χ2v) is 11.4. The fraction of sp³-hybridized carbons (Fsp3) is 0.375. The normalized spacial score (nSPS) is 24.2. The van der Waals surface area contributed by atoms with Gasteiger partial charge in [-0.15, -0.1) is 0 Å². The Bertz CT molecular complexity index is 1500. The van der Waals surface area contributed by atoms with Crippen molar-refractivity contribution in [2.75, 3.05) is 24.5 Å². The van der Waals surface area contributed by atoms with Crippen LogP contribution in [0.4, 0.5) is 19.0 Å². The maximum Gasteiger partial charge on any atom is 0.416 e. The van der Waals surface area contributed by atoms with Gasteiger partial charge >= 0.3 is 6.18 Å². The highest BCUT2D eigenvalue weighted by molar-refractivity contribution is 5.97. The van der Waals surface area contributed by atoms with Gasteiger partial charge in [-0.2, -0.15) is 13.2 Å². The van der Waals surface area contributed by atoms with Crippen molar-refractivity contribution in [3.05, 3.63) is 96.4 Å². The fourth-order valence-corrected chi connectivity index (χ4v) is 6.08. The predicted octanol–water partition coefficient (Wildman–Crippen LogP) is 4.84. The van der Waals surface area contributed by atoms with E-state index in [0.29, 0.717) is 37.2 Å². The van der Waals surface area contributed by atoms with Gasteiger partial charge in [0.05, 0.1) is 11.3 Å². The van der Waals surface area contributed by atoms with E-state index in [1.54, 1.807) is 41.8 Å². The average Bonchev–Trinajstić information content (AvgIpc) is 3.51. The molecule has 0 aromatic carbocycles. The molecule has 11 heteroatoms. The second kappa shape index (κ2) is 11.9. The maximum atomic E-state index is 13.2. The molecule has 2 fully saturated rings. The van der Waals surface area contributed by atoms with Crippen LogP contribution in [0.5, 0.6) is 0 Å². The molecule has 1 atom stereocenters. The summed E-state index contributed by atoms with van der Waals surface area (Å²) in [6.07, 6.45) is 10.6. The summed E-state index contributed by atoms with van der Waals surface area (Å²) in [7, 11) is 0. The van der Waals surface area contributed by atoms with E-state index in [1.165, 1.54) is 0 Å². The number of pyridine rings is 3. The number of anilines is 1. The lowest BCUT2D eigenvalue weighted by atomic mass is 9.79. The number of aliphatic hydroxyl groups is 1. The molecule has 2 N–H and O–H groups in total. The lowest BCUT2D eigenvalue weighted by Gasteiger charge is -2.37. The SMILES string of the molecule is O=C(C1=CCN(c2cc(C(F)(F)F)ccn2)C=C1)N1CC[C@H](NC2CCC(O)(c3ccc(-c4ccncc4)cn3)CC2)C1. The van der Waals surface area contributed by atoms with Crippen LogP contribution in [0.2, 0.25) is 0 Å².